The Hall–Kier alpha value is -0.720. The van der Waals surface area contributed by atoms with Crippen LogP contribution in [0.3, 0.4) is 0 Å². The SMILES string of the molecule is C=CNC=C.CC.CCC. The second-order valence-electron chi connectivity index (χ2n) is 1.28. The lowest BCUT2D eigenvalue weighted by atomic mass is 10.6. The molecule has 0 bridgehead atoms. The van der Waals surface area contributed by atoms with Gasteiger partial charge in [0.05, 0.1) is 0 Å². The molecule has 1 nitrogen and oxygen atoms in total. The van der Waals surface area contributed by atoms with Crippen LogP contribution in [0.5, 0.6) is 0 Å². The summed E-state index contributed by atoms with van der Waals surface area (Å²) in [6, 6.07) is 0. The van der Waals surface area contributed by atoms with E-state index in [1.54, 1.807) is 12.4 Å². The van der Waals surface area contributed by atoms with Gasteiger partial charge in [0.2, 0.25) is 0 Å². The fourth-order valence-electron chi connectivity index (χ4n) is 0.0833. The summed E-state index contributed by atoms with van der Waals surface area (Å²) in [4.78, 5) is 0. The third-order valence-electron chi connectivity index (χ3n) is 0.236. The van der Waals surface area contributed by atoms with Crippen LogP contribution in [0.25, 0.3) is 0 Å². The molecule has 0 rings (SSSR count). The van der Waals surface area contributed by atoms with Crippen LogP contribution in [0, 0.1) is 0 Å². The van der Waals surface area contributed by atoms with Crippen molar-refractivity contribution >= 4 is 0 Å². The minimum absolute atomic E-state index is 1.25. The maximum atomic E-state index is 3.37. The van der Waals surface area contributed by atoms with E-state index in [1.165, 1.54) is 6.42 Å². The van der Waals surface area contributed by atoms with Gasteiger partial charge in [0.1, 0.15) is 0 Å². The highest BCUT2D eigenvalue weighted by Gasteiger charge is 1.43. The second kappa shape index (κ2) is 40.8. The highest BCUT2D eigenvalue weighted by molar-refractivity contribution is 4.72. The molecule has 0 atom stereocenters. The predicted molar refractivity (Wildman–Crippen MR) is 50.8 cm³/mol. The Morgan fingerprint density at radius 2 is 1.30 bits per heavy atom. The Labute approximate surface area is 65.8 Å². The molecule has 0 aromatic carbocycles. The molecule has 0 spiro atoms. The lowest BCUT2D eigenvalue weighted by molar-refractivity contribution is 1.09. The fourth-order valence-corrected chi connectivity index (χ4v) is 0.0833. The van der Waals surface area contributed by atoms with Crippen molar-refractivity contribution in [1.29, 1.82) is 0 Å². The normalized spacial score (nSPS) is 5.20. The number of hydrogen-bond acceptors (Lipinski definition) is 1. The molecule has 1 N–H and O–H groups in total. The van der Waals surface area contributed by atoms with E-state index in [-0.39, 0.29) is 0 Å². The highest BCUT2D eigenvalue weighted by Crippen LogP contribution is 1.56. The third-order valence-corrected chi connectivity index (χ3v) is 0.236. The zero-order valence-electron chi connectivity index (χ0n) is 7.78. The molecule has 0 aromatic rings. The van der Waals surface area contributed by atoms with Crippen molar-refractivity contribution in [3.63, 3.8) is 0 Å². The molecule has 0 amide bonds. The summed E-state index contributed by atoms with van der Waals surface area (Å²) >= 11 is 0. The fraction of sp³-hybridized carbons (Fsp3) is 0.556. The van der Waals surface area contributed by atoms with E-state index in [0.29, 0.717) is 0 Å². The summed E-state index contributed by atoms with van der Waals surface area (Å²) in [6.07, 6.45) is 4.38. The summed E-state index contributed by atoms with van der Waals surface area (Å²) in [7, 11) is 0. The van der Waals surface area contributed by atoms with E-state index in [0.717, 1.165) is 0 Å². The number of rotatable bonds is 2. The number of hydrogen-bond donors (Lipinski definition) is 1. The van der Waals surface area contributed by atoms with Gasteiger partial charge in [-0.15, -0.1) is 0 Å². The molecule has 1 heteroatoms. The van der Waals surface area contributed by atoms with Gasteiger partial charge >= 0.3 is 0 Å². The van der Waals surface area contributed by atoms with Crippen molar-refractivity contribution in [2.75, 3.05) is 0 Å². The van der Waals surface area contributed by atoms with E-state index >= 15 is 0 Å². The topological polar surface area (TPSA) is 12.0 Å². The monoisotopic (exact) mass is 143 g/mol. The molecule has 0 aliphatic heterocycles. The van der Waals surface area contributed by atoms with Crippen LogP contribution in [0.4, 0.5) is 0 Å². The van der Waals surface area contributed by atoms with Crippen LogP contribution in [-0.4, -0.2) is 0 Å². The van der Waals surface area contributed by atoms with E-state index in [4.69, 9.17) is 0 Å². The van der Waals surface area contributed by atoms with Crippen LogP contribution in [0.2, 0.25) is 0 Å². The maximum Gasteiger partial charge on any atom is -0.00679 e. The smallest absolute Gasteiger partial charge is 0.00679 e. The summed E-state index contributed by atoms with van der Waals surface area (Å²) in [5, 5.41) is 2.64. The van der Waals surface area contributed by atoms with Gasteiger partial charge in [-0.05, 0) is 12.4 Å². The average Bonchev–Trinajstić information content (AvgIpc) is 1.96. The largest absolute Gasteiger partial charge is 0.369 e. The lowest BCUT2D eigenvalue weighted by Crippen LogP contribution is -1.85. The molecule has 0 aliphatic carbocycles. The predicted octanol–water partition coefficient (Wildman–Crippen LogP) is 3.31. The van der Waals surface area contributed by atoms with Gasteiger partial charge in [0.25, 0.3) is 0 Å². The van der Waals surface area contributed by atoms with Crippen molar-refractivity contribution in [2.24, 2.45) is 0 Å². The van der Waals surface area contributed by atoms with Gasteiger partial charge in [0.15, 0.2) is 0 Å². The lowest BCUT2D eigenvalue weighted by Gasteiger charge is -1.75. The minimum Gasteiger partial charge on any atom is -0.369 e. The maximum absolute atomic E-state index is 3.37. The van der Waals surface area contributed by atoms with E-state index < -0.39 is 0 Å². The van der Waals surface area contributed by atoms with Crippen LogP contribution in [0.1, 0.15) is 34.1 Å². The molecule has 0 radical (unpaired) electrons. The Kier molecular flexibility index (Phi) is 65.8. The third kappa shape index (κ3) is 175. The first-order chi connectivity index (χ1) is 4.83. The van der Waals surface area contributed by atoms with Gasteiger partial charge in [0, 0.05) is 0 Å². The van der Waals surface area contributed by atoms with E-state index in [2.05, 4.69) is 32.3 Å². The first kappa shape index (κ1) is 16.1. The summed E-state index contributed by atoms with van der Waals surface area (Å²) < 4.78 is 0. The molecule has 0 unspecified atom stereocenters. The molecule has 0 saturated carbocycles. The van der Waals surface area contributed by atoms with E-state index in [1.807, 2.05) is 13.8 Å². The van der Waals surface area contributed by atoms with Crippen LogP contribution in [0.15, 0.2) is 25.6 Å². The standard InChI is InChI=1S/C4H7N.C3H8.C2H6/c1-3-5-4-2;1-3-2;1-2/h3-5H,1-2H2;3H2,1-2H3;1-2H3. The van der Waals surface area contributed by atoms with Crippen molar-refractivity contribution in [3.8, 4) is 0 Å². The minimum atomic E-state index is 1.25. The molecule has 0 saturated heterocycles. The first-order valence-corrected chi connectivity index (χ1v) is 3.81. The average molecular weight is 143 g/mol. The van der Waals surface area contributed by atoms with Crippen molar-refractivity contribution in [3.05, 3.63) is 25.6 Å². The van der Waals surface area contributed by atoms with Gasteiger partial charge in [-0.25, -0.2) is 0 Å². The quantitative estimate of drug-likeness (QED) is 0.625. The summed E-state index contributed by atoms with van der Waals surface area (Å²) in [5.41, 5.74) is 0. The zero-order valence-corrected chi connectivity index (χ0v) is 7.78. The first-order valence-electron chi connectivity index (χ1n) is 3.81. The molecule has 62 valence electrons. The zero-order chi connectivity index (χ0) is 8.83. The molecular formula is C9H21N. The summed E-state index contributed by atoms with van der Waals surface area (Å²) in [5.74, 6) is 0. The Bertz CT molecular complexity index is 42.7. The van der Waals surface area contributed by atoms with Gasteiger partial charge in [-0.1, -0.05) is 47.3 Å². The van der Waals surface area contributed by atoms with Crippen LogP contribution < -0.4 is 5.32 Å². The Balaban J connectivity index is -0.0000000847. The van der Waals surface area contributed by atoms with Gasteiger partial charge < -0.3 is 5.32 Å². The van der Waals surface area contributed by atoms with Gasteiger partial charge in [-0.2, -0.15) is 0 Å². The van der Waals surface area contributed by atoms with Crippen LogP contribution >= 0.6 is 0 Å². The van der Waals surface area contributed by atoms with Crippen LogP contribution in [-0.2, 0) is 0 Å². The van der Waals surface area contributed by atoms with Crippen molar-refractivity contribution < 1.29 is 0 Å². The summed E-state index contributed by atoms with van der Waals surface area (Å²) in [6.45, 7) is 15.0. The molecule has 0 aliphatic rings. The molecule has 10 heavy (non-hydrogen) atoms. The van der Waals surface area contributed by atoms with E-state index in [9.17, 15) is 0 Å². The van der Waals surface area contributed by atoms with Crippen molar-refractivity contribution in [1.82, 2.24) is 5.32 Å². The molecular weight excluding hydrogens is 122 g/mol. The molecule has 0 fully saturated rings. The Morgan fingerprint density at radius 1 is 1.10 bits per heavy atom. The molecule has 0 heterocycles. The van der Waals surface area contributed by atoms with Crippen molar-refractivity contribution in [2.45, 2.75) is 34.1 Å². The van der Waals surface area contributed by atoms with Gasteiger partial charge in [-0.3, -0.25) is 0 Å². The molecule has 0 aromatic heterocycles. The Morgan fingerprint density at radius 3 is 1.30 bits per heavy atom. The number of nitrogens with one attached hydrogen (secondary N) is 1. The highest BCUT2D eigenvalue weighted by atomic mass is 14.8. The second-order valence-corrected chi connectivity index (χ2v) is 1.28.